The monoisotopic (exact) mass is 221 g/mol. The molecule has 0 saturated carbocycles. The summed E-state index contributed by atoms with van der Waals surface area (Å²) in [7, 11) is 1.39. The lowest BCUT2D eigenvalue weighted by Gasteiger charge is -2.30. The second kappa shape index (κ2) is 4.94. The van der Waals surface area contributed by atoms with Gasteiger partial charge in [0, 0.05) is 32.4 Å². The van der Waals surface area contributed by atoms with Gasteiger partial charge in [0.15, 0.2) is 0 Å². The third-order valence-corrected chi connectivity index (χ3v) is 2.66. The van der Waals surface area contributed by atoms with Gasteiger partial charge in [0.05, 0.1) is 24.6 Å². The molecule has 16 heavy (non-hydrogen) atoms. The summed E-state index contributed by atoms with van der Waals surface area (Å²) in [5, 5.41) is 3.27. The van der Waals surface area contributed by atoms with E-state index in [2.05, 4.69) is 15.2 Å². The molecule has 0 radical (unpaired) electrons. The number of pyridine rings is 1. The van der Waals surface area contributed by atoms with Crippen molar-refractivity contribution in [1.29, 1.82) is 0 Å². The van der Waals surface area contributed by atoms with Crippen molar-refractivity contribution in [3.05, 3.63) is 24.0 Å². The average molecular weight is 221 g/mol. The zero-order chi connectivity index (χ0) is 11.4. The summed E-state index contributed by atoms with van der Waals surface area (Å²) in [5.74, 6) is -0.309. The molecule has 1 aliphatic heterocycles. The lowest BCUT2D eigenvalue weighted by atomic mass is 10.2. The number of rotatable bonds is 2. The molecule has 0 aromatic carbocycles. The molecule has 0 unspecified atom stereocenters. The van der Waals surface area contributed by atoms with Crippen LogP contribution in [0.3, 0.4) is 0 Å². The molecule has 0 aliphatic carbocycles. The Kier molecular flexibility index (Phi) is 3.36. The number of anilines is 1. The molecule has 86 valence electrons. The largest absolute Gasteiger partial charge is 0.465 e. The van der Waals surface area contributed by atoms with E-state index in [4.69, 9.17) is 4.74 Å². The fourth-order valence-corrected chi connectivity index (χ4v) is 1.83. The van der Waals surface area contributed by atoms with Crippen LogP contribution in [-0.2, 0) is 4.74 Å². The van der Waals surface area contributed by atoms with E-state index in [1.807, 2.05) is 0 Å². The topological polar surface area (TPSA) is 54.5 Å². The van der Waals surface area contributed by atoms with Crippen molar-refractivity contribution >= 4 is 11.7 Å². The smallest absolute Gasteiger partial charge is 0.340 e. The molecule has 2 heterocycles. The Morgan fingerprint density at radius 2 is 2.25 bits per heavy atom. The Labute approximate surface area is 94.4 Å². The highest BCUT2D eigenvalue weighted by Gasteiger charge is 2.18. The first kappa shape index (κ1) is 10.9. The van der Waals surface area contributed by atoms with E-state index in [0.717, 1.165) is 31.9 Å². The van der Waals surface area contributed by atoms with Crippen molar-refractivity contribution in [1.82, 2.24) is 10.3 Å². The van der Waals surface area contributed by atoms with Crippen LogP contribution in [0.1, 0.15) is 10.4 Å². The number of carbonyl (C=O) groups excluding carboxylic acids is 1. The lowest BCUT2D eigenvalue weighted by molar-refractivity contribution is 0.0601. The van der Waals surface area contributed by atoms with E-state index >= 15 is 0 Å². The zero-order valence-electron chi connectivity index (χ0n) is 9.27. The number of esters is 1. The first-order valence-electron chi connectivity index (χ1n) is 5.31. The van der Waals surface area contributed by atoms with Gasteiger partial charge in [0.25, 0.3) is 0 Å². The summed E-state index contributed by atoms with van der Waals surface area (Å²) in [5.41, 5.74) is 1.44. The Bertz CT molecular complexity index is 375. The normalized spacial score (nSPS) is 15.9. The maximum atomic E-state index is 11.6. The number of nitrogens with one attached hydrogen (secondary N) is 1. The van der Waals surface area contributed by atoms with Gasteiger partial charge in [0.2, 0.25) is 0 Å². The highest BCUT2D eigenvalue weighted by molar-refractivity contribution is 5.95. The molecule has 1 aromatic rings. The number of methoxy groups -OCH3 is 1. The number of nitrogens with zero attached hydrogens (tertiary/aromatic N) is 2. The fourth-order valence-electron chi connectivity index (χ4n) is 1.83. The van der Waals surface area contributed by atoms with E-state index in [-0.39, 0.29) is 5.97 Å². The summed E-state index contributed by atoms with van der Waals surface area (Å²) < 4.78 is 4.76. The first-order chi connectivity index (χ1) is 7.83. The highest BCUT2D eigenvalue weighted by atomic mass is 16.5. The highest BCUT2D eigenvalue weighted by Crippen LogP contribution is 2.20. The third-order valence-electron chi connectivity index (χ3n) is 2.66. The maximum Gasteiger partial charge on any atom is 0.340 e. The van der Waals surface area contributed by atoms with Crippen molar-refractivity contribution in [2.24, 2.45) is 0 Å². The van der Waals surface area contributed by atoms with E-state index in [9.17, 15) is 4.79 Å². The molecular weight excluding hydrogens is 206 g/mol. The van der Waals surface area contributed by atoms with E-state index in [0.29, 0.717) is 5.56 Å². The standard InChI is InChI=1S/C11H15N3O2/c1-16-11(15)9-2-3-13-8-10(9)14-6-4-12-5-7-14/h2-3,8,12H,4-7H2,1H3. The molecule has 0 bridgehead atoms. The maximum absolute atomic E-state index is 11.6. The summed E-state index contributed by atoms with van der Waals surface area (Å²) in [4.78, 5) is 17.8. The predicted octanol–water partition coefficient (Wildman–Crippen LogP) is 0.278. The fraction of sp³-hybridized carbons (Fsp3) is 0.455. The van der Waals surface area contributed by atoms with E-state index < -0.39 is 0 Å². The van der Waals surface area contributed by atoms with Crippen LogP contribution in [0.15, 0.2) is 18.5 Å². The Balaban J connectivity index is 2.28. The van der Waals surface area contributed by atoms with E-state index in [1.165, 1.54) is 7.11 Å². The Hall–Kier alpha value is -1.62. The van der Waals surface area contributed by atoms with Gasteiger partial charge in [-0.05, 0) is 6.07 Å². The molecule has 2 rings (SSSR count). The molecule has 1 aromatic heterocycles. The summed E-state index contributed by atoms with van der Waals surface area (Å²) >= 11 is 0. The number of carbonyl (C=O) groups is 1. The van der Waals surface area contributed by atoms with E-state index in [1.54, 1.807) is 18.5 Å². The number of ether oxygens (including phenoxy) is 1. The van der Waals surface area contributed by atoms with Gasteiger partial charge in [-0.15, -0.1) is 0 Å². The van der Waals surface area contributed by atoms with Crippen LogP contribution >= 0.6 is 0 Å². The number of hydrogen-bond acceptors (Lipinski definition) is 5. The van der Waals surface area contributed by atoms with Crippen molar-refractivity contribution < 1.29 is 9.53 Å². The minimum Gasteiger partial charge on any atom is -0.465 e. The van der Waals surface area contributed by atoms with Gasteiger partial charge >= 0.3 is 5.97 Å². The predicted molar refractivity (Wildman–Crippen MR) is 60.7 cm³/mol. The Morgan fingerprint density at radius 1 is 1.50 bits per heavy atom. The molecule has 1 fully saturated rings. The molecule has 0 amide bonds. The molecule has 0 atom stereocenters. The van der Waals surface area contributed by atoms with Crippen LogP contribution in [0.4, 0.5) is 5.69 Å². The van der Waals surface area contributed by atoms with Crippen LogP contribution in [0.25, 0.3) is 0 Å². The summed E-state index contributed by atoms with van der Waals surface area (Å²) in [6.07, 6.45) is 3.33. The molecule has 1 aliphatic rings. The summed E-state index contributed by atoms with van der Waals surface area (Å²) in [6.45, 7) is 3.62. The minimum absolute atomic E-state index is 0.309. The molecular formula is C11H15N3O2. The van der Waals surface area contributed by atoms with Gasteiger partial charge in [0.1, 0.15) is 0 Å². The van der Waals surface area contributed by atoms with Crippen LogP contribution in [0.5, 0.6) is 0 Å². The zero-order valence-corrected chi connectivity index (χ0v) is 9.27. The van der Waals surface area contributed by atoms with Gasteiger partial charge in [-0.25, -0.2) is 4.79 Å². The quantitative estimate of drug-likeness (QED) is 0.727. The number of piperazine rings is 1. The van der Waals surface area contributed by atoms with Gasteiger partial charge < -0.3 is 15.0 Å². The van der Waals surface area contributed by atoms with Crippen LogP contribution in [-0.4, -0.2) is 44.2 Å². The SMILES string of the molecule is COC(=O)c1ccncc1N1CCNCC1. The van der Waals surface area contributed by atoms with Gasteiger partial charge in [-0.3, -0.25) is 4.98 Å². The first-order valence-corrected chi connectivity index (χ1v) is 5.31. The summed E-state index contributed by atoms with van der Waals surface area (Å²) in [6, 6.07) is 1.70. The Morgan fingerprint density at radius 3 is 2.94 bits per heavy atom. The van der Waals surface area contributed by atoms with Crippen LogP contribution in [0, 0.1) is 0 Å². The average Bonchev–Trinajstić information content (AvgIpc) is 2.39. The molecule has 1 saturated heterocycles. The lowest BCUT2D eigenvalue weighted by Crippen LogP contribution is -2.44. The van der Waals surface area contributed by atoms with Crippen molar-refractivity contribution in [2.45, 2.75) is 0 Å². The van der Waals surface area contributed by atoms with Crippen molar-refractivity contribution in [2.75, 3.05) is 38.2 Å². The number of aromatic nitrogens is 1. The third kappa shape index (κ3) is 2.14. The van der Waals surface area contributed by atoms with Crippen molar-refractivity contribution in [3.63, 3.8) is 0 Å². The molecule has 5 nitrogen and oxygen atoms in total. The second-order valence-electron chi connectivity index (χ2n) is 3.62. The molecule has 0 spiro atoms. The molecule has 1 N–H and O–H groups in total. The van der Waals surface area contributed by atoms with Crippen LogP contribution < -0.4 is 10.2 Å². The minimum atomic E-state index is -0.309. The number of hydrogen-bond donors (Lipinski definition) is 1. The second-order valence-corrected chi connectivity index (χ2v) is 3.62. The van der Waals surface area contributed by atoms with Gasteiger partial charge in [-0.2, -0.15) is 0 Å². The van der Waals surface area contributed by atoms with Gasteiger partial charge in [-0.1, -0.05) is 0 Å². The molecule has 5 heteroatoms. The van der Waals surface area contributed by atoms with Crippen molar-refractivity contribution in [3.8, 4) is 0 Å². The van der Waals surface area contributed by atoms with Crippen LogP contribution in [0.2, 0.25) is 0 Å².